The van der Waals surface area contributed by atoms with E-state index in [2.05, 4.69) is 4.98 Å². The van der Waals surface area contributed by atoms with Crippen molar-refractivity contribution in [1.29, 1.82) is 0 Å². The van der Waals surface area contributed by atoms with Gasteiger partial charge in [-0.1, -0.05) is 0 Å². The van der Waals surface area contributed by atoms with Crippen molar-refractivity contribution in [3.05, 3.63) is 30.1 Å². The van der Waals surface area contributed by atoms with Gasteiger partial charge in [-0.3, -0.25) is 9.78 Å². The minimum absolute atomic E-state index is 0.0493. The lowest BCUT2D eigenvalue weighted by molar-refractivity contribution is 0.00709. The van der Waals surface area contributed by atoms with Crippen LogP contribution < -0.4 is 0 Å². The van der Waals surface area contributed by atoms with E-state index in [4.69, 9.17) is 4.74 Å². The number of hydrogen-bond donors (Lipinski definition) is 0. The molecule has 1 aromatic heterocycles. The molecule has 0 spiro atoms. The lowest BCUT2D eigenvalue weighted by Gasteiger charge is -2.25. The highest BCUT2D eigenvalue weighted by atomic mass is 16.5. The molecule has 1 amide bonds. The summed E-state index contributed by atoms with van der Waals surface area (Å²) in [5.41, 5.74) is 0.692. The van der Waals surface area contributed by atoms with Crippen molar-refractivity contribution >= 4 is 5.91 Å². The largest absolute Gasteiger partial charge is 0.378 e. The summed E-state index contributed by atoms with van der Waals surface area (Å²) in [6.45, 7) is 1.61. The van der Waals surface area contributed by atoms with Crippen LogP contribution in [-0.2, 0) is 4.74 Å². The van der Waals surface area contributed by atoms with E-state index in [9.17, 15) is 4.79 Å². The first-order chi connectivity index (χ1) is 8.77. The van der Waals surface area contributed by atoms with Crippen molar-refractivity contribution in [2.24, 2.45) is 0 Å². The zero-order valence-electron chi connectivity index (χ0n) is 10.8. The minimum Gasteiger partial charge on any atom is -0.378 e. The highest BCUT2D eigenvalue weighted by molar-refractivity contribution is 5.93. The van der Waals surface area contributed by atoms with Gasteiger partial charge in [0.1, 0.15) is 0 Å². The zero-order chi connectivity index (χ0) is 12.8. The van der Waals surface area contributed by atoms with Crippen LogP contribution in [-0.4, -0.2) is 42.1 Å². The van der Waals surface area contributed by atoms with Crippen LogP contribution in [0.2, 0.25) is 0 Å². The number of nitrogens with zero attached hydrogens (tertiary/aromatic N) is 2. The van der Waals surface area contributed by atoms with Crippen molar-refractivity contribution in [3.63, 3.8) is 0 Å². The third kappa shape index (κ3) is 3.53. The number of carbonyl (C=O) groups is 1. The highest BCUT2D eigenvalue weighted by Crippen LogP contribution is 2.16. The molecule has 4 nitrogen and oxygen atoms in total. The van der Waals surface area contributed by atoms with Gasteiger partial charge in [-0.2, -0.15) is 0 Å². The monoisotopic (exact) mass is 248 g/mol. The molecule has 2 heterocycles. The SMILES string of the molecule is CN(CCC1CCCCO1)C(=O)c1ccncc1. The second-order valence-electron chi connectivity index (χ2n) is 4.74. The Balaban J connectivity index is 1.80. The van der Waals surface area contributed by atoms with E-state index in [1.165, 1.54) is 12.8 Å². The summed E-state index contributed by atoms with van der Waals surface area (Å²) in [5.74, 6) is 0.0493. The van der Waals surface area contributed by atoms with Gasteiger partial charge in [0, 0.05) is 38.2 Å². The lowest BCUT2D eigenvalue weighted by atomic mass is 10.1. The molecule has 1 unspecified atom stereocenters. The van der Waals surface area contributed by atoms with Crippen LogP contribution in [0.1, 0.15) is 36.0 Å². The summed E-state index contributed by atoms with van der Waals surface area (Å²) in [6.07, 6.45) is 8.07. The summed E-state index contributed by atoms with van der Waals surface area (Å²) < 4.78 is 5.67. The first kappa shape index (κ1) is 13.0. The molecule has 0 aliphatic carbocycles. The maximum Gasteiger partial charge on any atom is 0.253 e. The molecule has 4 heteroatoms. The lowest BCUT2D eigenvalue weighted by Crippen LogP contribution is -2.31. The number of rotatable bonds is 4. The van der Waals surface area contributed by atoms with Gasteiger partial charge in [0.2, 0.25) is 0 Å². The van der Waals surface area contributed by atoms with E-state index >= 15 is 0 Å². The van der Waals surface area contributed by atoms with Crippen molar-refractivity contribution < 1.29 is 9.53 Å². The first-order valence-electron chi connectivity index (χ1n) is 6.54. The van der Waals surface area contributed by atoms with E-state index in [-0.39, 0.29) is 5.91 Å². The van der Waals surface area contributed by atoms with Crippen LogP contribution in [0.15, 0.2) is 24.5 Å². The zero-order valence-corrected chi connectivity index (χ0v) is 10.8. The molecule has 2 rings (SSSR count). The molecule has 0 saturated carbocycles. The summed E-state index contributed by atoms with van der Waals surface area (Å²) in [7, 11) is 1.84. The van der Waals surface area contributed by atoms with Crippen LogP contribution in [0.5, 0.6) is 0 Å². The maximum absolute atomic E-state index is 12.1. The summed E-state index contributed by atoms with van der Waals surface area (Å²) >= 11 is 0. The van der Waals surface area contributed by atoms with E-state index in [0.29, 0.717) is 11.7 Å². The molecule has 0 radical (unpaired) electrons. The van der Waals surface area contributed by atoms with Crippen molar-refractivity contribution in [2.75, 3.05) is 20.2 Å². The molecule has 1 fully saturated rings. The molecular formula is C14H20N2O2. The first-order valence-corrected chi connectivity index (χ1v) is 6.54. The standard InChI is InChI=1S/C14H20N2O2/c1-16(10-7-13-4-2-3-11-18-13)14(17)12-5-8-15-9-6-12/h5-6,8-9,13H,2-4,7,10-11H2,1H3. The van der Waals surface area contributed by atoms with E-state index in [0.717, 1.165) is 26.0 Å². The Morgan fingerprint density at radius 3 is 2.89 bits per heavy atom. The molecule has 0 N–H and O–H groups in total. The predicted octanol–water partition coefficient (Wildman–Crippen LogP) is 2.11. The third-order valence-corrected chi connectivity index (χ3v) is 3.33. The average molecular weight is 248 g/mol. The second-order valence-corrected chi connectivity index (χ2v) is 4.74. The number of carbonyl (C=O) groups excluding carboxylic acids is 1. The maximum atomic E-state index is 12.1. The number of ether oxygens (including phenoxy) is 1. The number of pyridine rings is 1. The predicted molar refractivity (Wildman–Crippen MR) is 69.4 cm³/mol. The Labute approximate surface area is 108 Å². The van der Waals surface area contributed by atoms with Gasteiger partial charge in [0.15, 0.2) is 0 Å². The van der Waals surface area contributed by atoms with Crippen molar-refractivity contribution in [3.8, 4) is 0 Å². The van der Waals surface area contributed by atoms with E-state index < -0.39 is 0 Å². The Kier molecular flexibility index (Phi) is 4.70. The van der Waals surface area contributed by atoms with Gasteiger partial charge < -0.3 is 9.64 Å². The molecule has 0 bridgehead atoms. The van der Waals surface area contributed by atoms with Gasteiger partial charge in [0.05, 0.1) is 6.10 Å². The van der Waals surface area contributed by atoms with Crippen LogP contribution in [0.4, 0.5) is 0 Å². The fourth-order valence-corrected chi connectivity index (χ4v) is 2.19. The van der Waals surface area contributed by atoms with E-state index in [1.54, 1.807) is 29.4 Å². The summed E-state index contributed by atoms with van der Waals surface area (Å²) in [6, 6.07) is 3.49. The van der Waals surface area contributed by atoms with Crippen LogP contribution in [0, 0.1) is 0 Å². The van der Waals surface area contributed by atoms with Crippen LogP contribution in [0.3, 0.4) is 0 Å². The smallest absolute Gasteiger partial charge is 0.253 e. The minimum atomic E-state index is 0.0493. The van der Waals surface area contributed by atoms with Gasteiger partial charge >= 0.3 is 0 Å². The molecular weight excluding hydrogens is 228 g/mol. The fraction of sp³-hybridized carbons (Fsp3) is 0.571. The number of aromatic nitrogens is 1. The van der Waals surface area contributed by atoms with Crippen molar-refractivity contribution in [1.82, 2.24) is 9.88 Å². The average Bonchev–Trinajstić information content (AvgIpc) is 2.46. The van der Waals surface area contributed by atoms with Crippen molar-refractivity contribution in [2.45, 2.75) is 31.8 Å². The molecule has 1 aliphatic heterocycles. The second kappa shape index (κ2) is 6.50. The van der Waals surface area contributed by atoms with Gasteiger partial charge in [-0.15, -0.1) is 0 Å². The molecule has 1 aromatic rings. The number of hydrogen-bond acceptors (Lipinski definition) is 3. The molecule has 1 aliphatic rings. The number of amides is 1. The van der Waals surface area contributed by atoms with Gasteiger partial charge in [-0.25, -0.2) is 0 Å². The van der Waals surface area contributed by atoms with Crippen LogP contribution in [0.25, 0.3) is 0 Å². The molecule has 1 saturated heterocycles. The van der Waals surface area contributed by atoms with E-state index in [1.807, 2.05) is 7.05 Å². The van der Waals surface area contributed by atoms with Gasteiger partial charge in [0.25, 0.3) is 5.91 Å². The summed E-state index contributed by atoms with van der Waals surface area (Å²) in [4.78, 5) is 17.7. The third-order valence-electron chi connectivity index (χ3n) is 3.33. The quantitative estimate of drug-likeness (QED) is 0.819. The van der Waals surface area contributed by atoms with Crippen LogP contribution >= 0.6 is 0 Å². The summed E-state index contributed by atoms with van der Waals surface area (Å²) in [5, 5.41) is 0. The molecule has 18 heavy (non-hydrogen) atoms. The Hall–Kier alpha value is -1.42. The Morgan fingerprint density at radius 2 is 2.22 bits per heavy atom. The Morgan fingerprint density at radius 1 is 1.44 bits per heavy atom. The topological polar surface area (TPSA) is 42.4 Å². The normalized spacial score (nSPS) is 19.5. The molecule has 98 valence electrons. The Bertz CT molecular complexity index is 375. The molecule has 1 atom stereocenters. The molecule has 0 aromatic carbocycles. The fourth-order valence-electron chi connectivity index (χ4n) is 2.19. The van der Waals surface area contributed by atoms with Gasteiger partial charge in [-0.05, 0) is 37.8 Å². The highest BCUT2D eigenvalue weighted by Gasteiger charge is 2.16.